The summed E-state index contributed by atoms with van der Waals surface area (Å²) in [5, 5.41) is 16.1. The highest BCUT2D eigenvalue weighted by atomic mass is 79.9. The van der Waals surface area contributed by atoms with Crippen LogP contribution in [-0.4, -0.2) is 52.1 Å². The van der Waals surface area contributed by atoms with Crippen molar-refractivity contribution in [3.8, 4) is 0 Å². The summed E-state index contributed by atoms with van der Waals surface area (Å²) >= 11 is 7.03. The van der Waals surface area contributed by atoms with Gasteiger partial charge in [0.1, 0.15) is 6.54 Å². The van der Waals surface area contributed by atoms with E-state index in [0.29, 0.717) is 5.69 Å². The molecule has 4 atom stereocenters. The second-order valence-corrected chi connectivity index (χ2v) is 13.3. The van der Waals surface area contributed by atoms with Crippen molar-refractivity contribution in [2.45, 2.75) is 44.3 Å². The minimum absolute atomic E-state index is 0.0234. The topological polar surface area (TPSA) is 98.0 Å². The Hall–Kier alpha value is -3.96. The van der Waals surface area contributed by atoms with Crippen LogP contribution in [-0.2, 0) is 14.4 Å². The number of halogens is 2. The van der Waals surface area contributed by atoms with Crippen LogP contribution in [0.15, 0.2) is 103 Å². The lowest BCUT2D eigenvalue weighted by atomic mass is 9.77. The third kappa shape index (κ3) is 5.11. The molecule has 11 heteroatoms. The molecule has 1 saturated heterocycles. The number of amides is 3. The van der Waals surface area contributed by atoms with Crippen LogP contribution < -0.4 is 4.90 Å². The summed E-state index contributed by atoms with van der Waals surface area (Å²) in [7, 11) is 0. The maximum atomic E-state index is 14.1. The van der Waals surface area contributed by atoms with Gasteiger partial charge < -0.3 is 0 Å². The normalized spacial score (nSPS) is 25.1. The van der Waals surface area contributed by atoms with Gasteiger partial charge in [0.25, 0.3) is 17.7 Å². The molecule has 222 valence electrons. The summed E-state index contributed by atoms with van der Waals surface area (Å²) in [6, 6.07) is 21.0. The molecule has 3 aromatic rings. The number of benzene rings is 3. The molecule has 0 unspecified atom stereocenters. The number of imide groups is 1. The number of carbonyl (C=O) groups excluding carboxylic acids is 3. The van der Waals surface area contributed by atoms with Crippen LogP contribution in [0, 0.1) is 12.8 Å². The Morgan fingerprint density at radius 3 is 2.30 bits per heavy atom. The van der Waals surface area contributed by atoms with Crippen molar-refractivity contribution in [1.29, 1.82) is 0 Å². The zero-order chi connectivity index (χ0) is 30.5. The van der Waals surface area contributed by atoms with E-state index in [1.165, 1.54) is 5.01 Å². The van der Waals surface area contributed by atoms with E-state index in [-0.39, 0.29) is 24.4 Å². The molecular formula is C33H28Br2N6O3. The molecule has 1 saturated carbocycles. The van der Waals surface area contributed by atoms with Crippen LogP contribution in [0.3, 0.4) is 0 Å². The zero-order valence-electron chi connectivity index (χ0n) is 23.8. The standard InChI is InChI=1S/C33H28Br2N6O3/c1-19-5-15-25(16-6-19)40-32(43)29-31(33(40)44)39(38-36-29)18-27(42)41-30(21-9-13-24(35)14-10-21)26-4-2-3-22(28(26)37-41)17-20-7-11-23(34)12-8-20/h5-17,26,29-31H,2-4,18H2,1H3/b22-17+/t26-,29+,30-,31+/m0/s1. The predicted octanol–water partition coefficient (Wildman–Crippen LogP) is 6.64. The van der Waals surface area contributed by atoms with Crippen molar-refractivity contribution in [3.63, 3.8) is 0 Å². The number of anilines is 1. The van der Waals surface area contributed by atoms with E-state index in [4.69, 9.17) is 5.10 Å². The summed E-state index contributed by atoms with van der Waals surface area (Å²) in [6.07, 6.45) is 4.91. The van der Waals surface area contributed by atoms with Crippen LogP contribution in [0.4, 0.5) is 5.69 Å². The maximum absolute atomic E-state index is 14.1. The second-order valence-electron chi connectivity index (χ2n) is 11.5. The number of hydrogen-bond acceptors (Lipinski definition) is 7. The fraction of sp³-hybridized carbons (Fsp3) is 0.273. The van der Waals surface area contributed by atoms with Gasteiger partial charge in [-0.3, -0.25) is 19.4 Å². The third-order valence-corrected chi connectivity index (χ3v) is 9.68. The largest absolute Gasteiger partial charge is 0.271 e. The number of allylic oxidation sites excluding steroid dienone is 1. The van der Waals surface area contributed by atoms with E-state index in [1.807, 2.05) is 55.5 Å². The first-order chi connectivity index (χ1) is 21.3. The second kappa shape index (κ2) is 11.5. The van der Waals surface area contributed by atoms with Crippen LogP contribution in [0.25, 0.3) is 6.08 Å². The highest BCUT2D eigenvalue weighted by Gasteiger charge is 2.55. The fourth-order valence-electron chi connectivity index (χ4n) is 6.47. The molecule has 0 radical (unpaired) electrons. The molecule has 44 heavy (non-hydrogen) atoms. The molecule has 4 aliphatic rings. The van der Waals surface area contributed by atoms with Crippen LogP contribution in [0.1, 0.15) is 42.0 Å². The van der Waals surface area contributed by atoms with E-state index >= 15 is 0 Å². The molecule has 7 rings (SSSR count). The van der Waals surface area contributed by atoms with Crippen LogP contribution in [0.5, 0.6) is 0 Å². The van der Waals surface area contributed by atoms with E-state index in [9.17, 15) is 14.4 Å². The van der Waals surface area contributed by atoms with E-state index in [0.717, 1.165) is 61.1 Å². The highest BCUT2D eigenvalue weighted by molar-refractivity contribution is 9.10. The van der Waals surface area contributed by atoms with Gasteiger partial charge in [0, 0.05) is 14.9 Å². The molecule has 0 bridgehead atoms. The summed E-state index contributed by atoms with van der Waals surface area (Å²) in [6.45, 7) is 1.71. The molecule has 1 aliphatic carbocycles. The Bertz CT molecular complexity index is 1740. The minimum atomic E-state index is -0.980. The molecule has 3 aliphatic heterocycles. The minimum Gasteiger partial charge on any atom is -0.271 e. The smallest absolute Gasteiger partial charge is 0.264 e. The van der Waals surface area contributed by atoms with Gasteiger partial charge in [-0.05, 0) is 85.4 Å². The van der Waals surface area contributed by atoms with Gasteiger partial charge >= 0.3 is 0 Å². The number of hydrazone groups is 1. The molecule has 2 fully saturated rings. The lowest BCUT2D eigenvalue weighted by molar-refractivity contribution is -0.136. The van der Waals surface area contributed by atoms with Crippen molar-refractivity contribution in [2.75, 3.05) is 11.4 Å². The number of rotatable bonds is 5. The van der Waals surface area contributed by atoms with Gasteiger partial charge in [0.05, 0.1) is 17.4 Å². The molecule has 3 amide bonds. The molecular weight excluding hydrogens is 688 g/mol. The first kappa shape index (κ1) is 28.8. The van der Waals surface area contributed by atoms with Crippen molar-refractivity contribution >= 4 is 67.1 Å². The summed E-state index contributed by atoms with van der Waals surface area (Å²) in [5.41, 5.74) is 5.59. The first-order valence-corrected chi connectivity index (χ1v) is 16.1. The van der Waals surface area contributed by atoms with E-state index in [2.05, 4.69) is 60.4 Å². The Balaban J connectivity index is 1.18. The van der Waals surface area contributed by atoms with Gasteiger partial charge in [-0.15, -0.1) is 0 Å². The fourth-order valence-corrected chi connectivity index (χ4v) is 7.00. The van der Waals surface area contributed by atoms with E-state index < -0.39 is 23.9 Å². The summed E-state index contributed by atoms with van der Waals surface area (Å²) in [4.78, 5) is 42.0. The molecule has 9 nitrogen and oxygen atoms in total. The zero-order valence-corrected chi connectivity index (χ0v) is 27.0. The average Bonchev–Trinajstić information content (AvgIpc) is 3.69. The quantitative estimate of drug-likeness (QED) is 0.277. The van der Waals surface area contributed by atoms with Crippen LogP contribution >= 0.6 is 31.9 Å². The van der Waals surface area contributed by atoms with Crippen LogP contribution in [0.2, 0.25) is 0 Å². The molecule has 0 aromatic heterocycles. The Kier molecular flexibility index (Phi) is 7.54. The summed E-state index contributed by atoms with van der Waals surface area (Å²) in [5.74, 6) is -1.16. The third-order valence-electron chi connectivity index (χ3n) is 8.63. The first-order valence-electron chi connectivity index (χ1n) is 14.5. The van der Waals surface area contributed by atoms with Crippen molar-refractivity contribution < 1.29 is 14.4 Å². The molecule has 3 aromatic carbocycles. The van der Waals surface area contributed by atoms with Crippen molar-refractivity contribution in [1.82, 2.24) is 10.0 Å². The predicted molar refractivity (Wildman–Crippen MR) is 173 cm³/mol. The van der Waals surface area contributed by atoms with Gasteiger partial charge in [-0.1, -0.05) is 79.0 Å². The number of carbonyl (C=O) groups is 3. The lowest BCUT2D eigenvalue weighted by Crippen LogP contribution is -2.45. The number of fused-ring (bicyclic) bond motifs is 2. The SMILES string of the molecule is Cc1ccc(N2C(=O)[C@@H]3N=NN(CC(=O)N4N=C5/C(=C/c6ccc(Br)cc6)CCC[C@@H]5[C@@H]4c4ccc(Br)cc4)[C@H]3C2=O)cc1. The van der Waals surface area contributed by atoms with Gasteiger partial charge in [0.15, 0.2) is 12.1 Å². The number of hydrogen-bond donors (Lipinski definition) is 0. The van der Waals surface area contributed by atoms with Gasteiger partial charge in [0.2, 0.25) is 0 Å². The maximum Gasteiger partial charge on any atom is 0.264 e. The lowest BCUT2D eigenvalue weighted by Gasteiger charge is -2.30. The molecule has 3 heterocycles. The van der Waals surface area contributed by atoms with Gasteiger partial charge in [-0.25, -0.2) is 9.91 Å². The summed E-state index contributed by atoms with van der Waals surface area (Å²) < 4.78 is 1.96. The Morgan fingerprint density at radius 1 is 0.909 bits per heavy atom. The highest BCUT2D eigenvalue weighted by Crippen LogP contribution is 2.45. The number of aryl methyl sites for hydroxylation is 1. The Labute approximate surface area is 271 Å². The molecule has 0 N–H and O–H groups in total. The van der Waals surface area contributed by atoms with Crippen molar-refractivity contribution in [3.05, 3.63) is 104 Å². The van der Waals surface area contributed by atoms with Gasteiger partial charge in [-0.2, -0.15) is 10.2 Å². The van der Waals surface area contributed by atoms with Crippen molar-refractivity contribution in [2.24, 2.45) is 21.4 Å². The average molecular weight is 716 g/mol. The van der Waals surface area contributed by atoms with E-state index in [1.54, 1.807) is 17.1 Å². The Morgan fingerprint density at radius 2 is 1.59 bits per heavy atom. The number of nitrogens with zero attached hydrogens (tertiary/aromatic N) is 6. The molecule has 0 spiro atoms. The monoisotopic (exact) mass is 714 g/mol.